The highest BCUT2D eigenvalue weighted by Crippen LogP contribution is 2.15. The second-order valence-electron chi connectivity index (χ2n) is 3.71. The normalized spacial score (nSPS) is 21.2. The molecule has 0 amide bonds. The van der Waals surface area contributed by atoms with Crippen LogP contribution in [0.5, 0.6) is 0 Å². The van der Waals surface area contributed by atoms with Crippen LogP contribution in [0.1, 0.15) is 24.2 Å². The van der Waals surface area contributed by atoms with Gasteiger partial charge in [-0.25, -0.2) is 0 Å². The molecule has 1 unspecified atom stereocenters. The summed E-state index contributed by atoms with van der Waals surface area (Å²) in [6.45, 7) is 3.03. The molecule has 90 valence electrons. The van der Waals surface area contributed by atoms with Crippen molar-refractivity contribution in [3.8, 4) is 0 Å². The third-order valence-electron chi connectivity index (χ3n) is 2.44. The lowest BCUT2D eigenvalue weighted by Gasteiger charge is -2.20. The van der Waals surface area contributed by atoms with Crippen molar-refractivity contribution in [2.24, 2.45) is 0 Å². The lowest BCUT2D eigenvalue weighted by Crippen LogP contribution is -2.33. The highest BCUT2D eigenvalue weighted by atomic mass is 16.5. The summed E-state index contributed by atoms with van der Waals surface area (Å²) in [7, 11) is 1.68. The quantitative estimate of drug-likeness (QED) is 0.730. The molecule has 0 saturated carbocycles. The van der Waals surface area contributed by atoms with Crippen LogP contribution in [0.25, 0.3) is 0 Å². The molecule has 6 heteroatoms. The minimum absolute atomic E-state index is 0.0753. The van der Waals surface area contributed by atoms with Gasteiger partial charge in [0, 0.05) is 33.2 Å². The Labute approximate surface area is 94.3 Å². The van der Waals surface area contributed by atoms with Crippen molar-refractivity contribution in [1.29, 1.82) is 0 Å². The summed E-state index contributed by atoms with van der Waals surface area (Å²) >= 11 is 0. The lowest BCUT2D eigenvalue weighted by molar-refractivity contribution is 0.0208. The van der Waals surface area contributed by atoms with Crippen LogP contribution in [-0.2, 0) is 15.9 Å². The zero-order chi connectivity index (χ0) is 11.2. The fraction of sp³-hybridized carbons (Fsp3) is 0.800. The summed E-state index contributed by atoms with van der Waals surface area (Å²) in [5, 5.41) is 7.15. The molecule has 0 aliphatic carbocycles. The molecule has 1 aliphatic rings. The van der Waals surface area contributed by atoms with Gasteiger partial charge in [0.05, 0.1) is 6.61 Å². The van der Waals surface area contributed by atoms with E-state index in [1.165, 1.54) is 0 Å². The zero-order valence-electron chi connectivity index (χ0n) is 9.44. The number of morpholine rings is 1. The Balaban J connectivity index is 1.85. The predicted molar refractivity (Wildman–Crippen MR) is 56.1 cm³/mol. The first-order valence-electron chi connectivity index (χ1n) is 5.54. The molecule has 1 saturated heterocycles. The summed E-state index contributed by atoms with van der Waals surface area (Å²) in [5.41, 5.74) is 0. The van der Waals surface area contributed by atoms with Crippen molar-refractivity contribution in [3.63, 3.8) is 0 Å². The van der Waals surface area contributed by atoms with Crippen molar-refractivity contribution >= 4 is 0 Å². The highest BCUT2D eigenvalue weighted by Gasteiger charge is 2.21. The minimum Gasteiger partial charge on any atom is -0.385 e. The second kappa shape index (κ2) is 5.93. The van der Waals surface area contributed by atoms with Gasteiger partial charge in [0.15, 0.2) is 0 Å². The van der Waals surface area contributed by atoms with Crippen molar-refractivity contribution in [1.82, 2.24) is 15.5 Å². The molecule has 0 radical (unpaired) electrons. The van der Waals surface area contributed by atoms with Crippen LogP contribution < -0.4 is 5.32 Å². The topological polar surface area (TPSA) is 69.4 Å². The molecule has 16 heavy (non-hydrogen) atoms. The molecule has 1 aromatic rings. The van der Waals surface area contributed by atoms with E-state index in [1.54, 1.807) is 7.11 Å². The van der Waals surface area contributed by atoms with Crippen molar-refractivity contribution in [2.75, 3.05) is 33.4 Å². The van der Waals surface area contributed by atoms with Crippen LogP contribution in [-0.4, -0.2) is 43.6 Å². The Bertz CT molecular complexity index is 310. The average molecular weight is 227 g/mol. The number of methoxy groups -OCH3 is 1. The van der Waals surface area contributed by atoms with Gasteiger partial charge in [0.1, 0.15) is 6.10 Å². The molecule has 1 aromatic heterocycles. The number of aryl methyl sites for hydroxylation is 1. The van der Waals surface area contributed by atoms with Crippen molar-refractivity contribution in [3.05, 3.63) is 11.7 Å². The predicted octanol–water partition coefficient (Wildman–Crippen LogP) is 0.310. The monoisotopic (exact) mass is 227 g/mol. The number of hydrogen-bond acceptors (Lipinski definition) is 6. The number of nitrogens with one attached hydrogen (secondary N) is 1. The molecule has 2 rings (SSSR count). The summed E-state index contributed by atoms with van der Waals surface area (Å²) < 4.78 is 15.6. The molecule has 0 aromatic carbocycles. The fourth-order valence-corrected chi connectivity index (χ4v) is 1.60. The van der Waals surface area contributed by atoms with Gasteiger partial charge in [0.25, 0.3) is 0 Å². The highest BCUT2D eigenvalue weighted by molar-refractivity contribution is 4.93. The van der Waals surface area contributed by atoms with Crippen LogP contribution in [0, 0.1) is 0 Å². The van der Waals surface area contributed by atoms with E-state index in [9.17, 15) is 0 Å². The molecule has 0 bridgehead atoms. The van der Waals surface area contributed by atoms with Gasteiger partial charge < -0.3 is 19.3 Å². The number of nitrogens with zero attached hydrogens (tertiary/aromatic N) is 2. The first-order chi connectivity index (χ1) is 7.90. The summed E-state index contributed by atoms with van der Waals surface area (Å²) in [6, 6.07) is 0. The van der Waals surface area contributed by atoms with Crippen LogP contribution in [0.4, 0.5) is 0 Å². The van der Waals surface area contributed by atoms with E-state index >= 15 is 0 Å². The van der Waals surface area contributed by atoms with Crippen LogP contribution in [0.15, 0.2) is 4.52 Å². The van der Waals surface area contributed by atoms with E-state index in [2.05, 4.69) is 15.5 Å². The largest absolute Gasteiger partial charge is 0.385 e. The van der Waals surface area contributed by atoms with Crippen LogP contribution >= 0.6 is 0 Å². The van der Waals surface area contributed by atoms with E-state index in [4.69, 9.17) is 14.0 Å². The number of aromatic nitrogens is 2. The SMILES string of the molecule is COCCCc1nc(C2CNCCO2)no1. The number of rotatable bonds is 5. The summed E-state index contributed by atoms with van der Waals surface area (Å²) in [6.07, 6.45) is 1.57. The smallest absolute Gasteiger partial charge is 0.226 e. The Morgan fingerprint density at radius 1 is 1.56 bits per heavy atom. The maximum absolute atomic E-state index is 5.53. The van der Waals surface area contributed by atoms with E-state index < -0.39 is 0 Å². The van der Waals surface area contributed by atoms with Gasteiger partial charge in [-0.15, -0.1) is 0 Å². The zero-order valence-corrected chi connectivity index (χ0v) is 9.44. The van der Waals surface area contributed by atoms with Crippen molar-refractivity contribution < 1.29 is 14.0 Å². The van der Waals surface area contributed by atoms with E-state index in [1.807, 2.05) is 0 Å². The first-order valence-corrected chi connectivity index (χ1v) is 5.54. The molecule has 1 fully saturated rings. The Kier molecular flexibility index (Phi) is 4.26. The minimum atomic E-state index is -0.0753. The molecule has 1 N–H and O–H groups in total. The molecule has 1 atom stereocenters. The van der Waals surface area contributed by atoms with Gasteiger partial charge in [0.2, 0.25) is 11.7 Å². The van der Waals surface area contributed by atoms with Gasteiger partial charge in [-0.1, -0.05) is 5.16 Å². The number of hydrogen-bond donors (Lipinski definition) is 1. The molecular formula is C10H17N3O3. The molecule has 2 heterocycles. The standard InChI is InChI=1S/C10H17N3O3/c1-14-5-2-3-9-12-10(13-16-9)8-7-11-4-6-15-8/h8,11H,2-7H2,1H3. The molecule has 1 aliphatic heterocycles. The summed E-state index contributed by atoms with van der Waals surface area (Å²) in [5.74, 6) is 1.29. The van der Waals surface area contributed by atoms with Gasteiger partial charge in [-0.05, 0) is 6.42 Å². The second-order valence-corrected chi connectivity index (χ2v) is 3.71. The Morgan fingerprint density at radius 3 is 3.25 bits per heavy atom. The maximum Gasteiger partial charge on any atom is 0.226 e. The van der Waals surface area contributed by atoms with Gasteiger partial charge >= 0.3 is 0 Å². The van der Waals surface area contributed by atoms with E-state index in [-0.39, 0.29) is 6.10 Å². The van der Waals surface area contributed by atoms with Gasteiger partial charge in [-0.2, -0.15) is 4.98 Å². The van der Waals surface area contributed by atoms with Gasteiger partial charge in [-0.3, -0.25) is 0 Å². The van der Waals surface area contributed by atoms with E-state index in [0.29, 0.717) is 24.9 Å². The first kappa shape index (κ1) is 11.5. The average Bonchev–Trinajstić information content (AvgIpc) is 2.79. The molecule has 6 nitrogen and oxygen atoms in total. The third kappa shape index (κ3) is 3.01. The third-order valence-corrected chi connectivity index (χ3v) is 2.44. The maximum atomic E-state index is 5.53. The lowest BCUT2D eigenvalue weighted by atomic mass is 10.3. The molecular weight excluding hydrogens is 210 g/mol. The van der Waals surface area contributed by atoms with Crippen LogP contribution in [0.2, 0.25) is 0 Å². The van der Waals surface area contributed by atoms with Crippen molar-refractivity contribution in [2.45, 2.75) is 18.9 Å². The van der Waals surface area contributed by atoms with E-state index in [0.717, 1.165) is 25.9 Å². The number of ether oxygens (including phenoxy) is 2. The Hall–Kier alpha value is -0.980. The fourth-order valence-electron chi connectivity index (χ4n) is 1.60. The summed E-state index contributed by atoms with van der Waals surface area (Å²) in [4.78, 5) is 4.31. The van der Waals surface area contributed by atoms with Crippen LogP contribution in [0.3, 0.4) is 0 Å². The molecule has 0 spiro atoms. The Morgan fingerprint density at radius 2 is 2.50 bits per heavy atom.